The summed E-state index contributed by atoms with van der Waals surface area (Å²) in [4.78, 5) is 10.8. The molecule has 1 rings (SSSR count). The molecule has 0 unspecified atom stereocenters. The average Bonchev–Trinajstić information content (AvgIpc) is 2.26. The predicted octanol–water partition coefficient (Wildman–Crippen LogP) is 1.76. The van der Waals surface area contributed by atoms with Crippen LogP contribution in [-0.4, -0.2) is 19.7 Å². The topological polar surface area (TPSA) is 59.3 Å². The van der Waals surface area contributed by atoms with Crippen LogP contribution in [0.25, 0.3) is 0 Å². The van der Waals surface area contributed by atoms with Crippen molar-refractivity contribution >= 4 is 17.6 Å². The summed E-state index contributed by atoms with van der Waals surface area (Å²) in [5.74, 6) is -0.142. The van der Waals surface area contributed by atoms with Crippen LogP contribution in [0.3, 0.4) is 0 Å². The summed E-state index contributed by atoms with van der Waals surface area (Å²) in [5, 5.41) is 8.88. The fourth-order valence-electron chi connectivity index (χ4n) is 0.883. The van der Waals surface area contributed by atoms with Gasteiger partial charge in [0.1, 0.15) is 5.75 Å². The predicted molar refractivity (Wildman–Crippen MR) is 53.7 cm³/mol. The number of carbonyl (C=O) groups is 1. The number of nitriles is 1. The van der Waals surface area contributed by atoms with Crippen LogP contribution in [0.4, 0.5) is 0 Å². The third kappa shape index (κ3) is 3.15. The van der Waals surface area contributed by atoms with Crippen molar-refractivity contribution in [3.05, 3.63) is 28.8 Å². The highest BCUT2D eigenvalue weighted by atomic mass is 35.5. The molecule has 0 aromatic heterocycles. The fourth-order valence-corrected chi connectivity index (χ4v) is 1.12. The lowest BCUT2D eigenvalue weighted by Gasteiger charge is -2.06. The number of halogens is 1. The zero-order valence-electron chi connectivity index (χ0n) is 7.99. The average molecular weight is 226 g/mol. The number of hydrogen-bond donors (Lipinski definition) is 0. The van der Waals surface area contributed by atoms with E-state index in [9.17, 15) is 4.79 Å². The van der Waals surface area contributed by atoms with Crippen LogP contribution in [0.5, 0.6) is 5.75 Å². The van der Waals surface area contributed by atoms with Gasteiger partial charge in [-0.05, 0) is 18.2 Å². The molecule has 0 spiro atoms. The first-order valence-electron chi connectivity index (χ1n) is 4.06. The van der Waals surface area contributed by atoms with E-state index in [0.29, 0.717) is 11.3 Å². The van der Waals surface area contributed by atoms with Crippen molar-refractivity contribution in [2.75, 3.05) is 13.7 Å². The van der Waals surface area contributed by atoms with Crippen molar-refractivity contribution in [3.63, 3.8) is 0 Å². The Balaban J connectivity index is 2.71. The van der Waals surface area contributed by atoms with Crippen LogP contribution in [0.1, 0.15) is 5.56 Å². The van der Waals surface area contributed by atoms with E-state index in [1.165, 1.54) is 19.2 Å². The minimum Gasteiger partial charge on any atom is -0.480 e. The molecule has 78 valence electrons. The largest absolute Gasteiger partial charge is 0.480 e. The number of hydrogen-bond acceptors (Lipinski definition) is 4. The zero-order chi connectivity index (χ0) is 11.3. The molecule has 4 nitrogen and oxygen atoms in total. The van der Waals surface area contributed by atoms with Gasteiger partial charge in [0.2, 0.25) is 0 Å². The number of nitrogens with zero attached hydrogens (tertiary/aromatic N) is 1. The lowest BCUT2D eigenvalue weighted by atomic mass is 10.2. The molecule has 0 fully saturated rings. The Labute approximate surface area is 92.0 Å². The minimum atomic E-state index is -0.490. The number of rotatable bonds is 3. The van der Waals surface area contributed by atoms with Gasteiger partial charge in [0.05, 0.1) is 23.8 Å². The van der Waals surface area contributed by atoms with Crippen LogP contribution in [-0.2, 0) is 9.53 Å². The van der Waals surface area contributed by atoms with Gasteiger partial charge in [-0.15, -0.1) is 0 Å². The Morgan fingerprint density at radius 3 is 2.87 bits per heavy atom. The number of esters is 1. The van der Waals surface area contributed by atoms with Crippen molar-refractivity contribution in [1.29, 1.82) is 5.26 Å². The molecule has 0 radical (unpaired) electrons. The Kier molecular flexibility index (Phi) is 3.95. The summed E-state index contributed by atoms with van der Waals surface area (Å²) in [6, 6.07) is 6.49. The van der Waals surface area contributed by atoms with Crippen molar-refractivity contribution in [2.24, 2.45) is 0 Å². The fraction of sp³-hybridized carbons (Fsp3) is 0.200. The van der Waals surface area contributed by atoms with Gasteiger partial charge in [-0.1, -0.05) is 11.6 Å². The summed E-state index contributed by atoms with van der Waals surface area (Å²) < 4.78 is 9.47. The molecule has 0 saturated carbocycles. The van der Waals surface area contributed by atoms with Crippen molar-refractivity contribution < 1.29 is 14.3 Å². The number of benzene rings is 1. The van der Waals surface area contributed by atoms with E-state index in [1.54, 1.807) is 6.07 Å². The van der Waals surface area contributed by atoms with Crippen LogP contribution in [0.15, 0.2) is 18.2 Å². The molecule has 0 atom stereocenters. The highest BCUT2D eigenvalue weighted by molar-refractivity contribution is 6.32. The van der Waals surface area contributed by atoms with Crippen LogP contribution in [0, 0.1) is 11.3 Å². The van der Waals surface area contributed by atoms with Gasteiger partial charge in [-0.3, -0.25) is 0 Å². The lowest BCUT2D eigenvalue weighted by Crippen LogP contribution is -2.12. The second kappa shape index (κ2) is 5.23. The van der Waals surface area contributed by atoms with Crippen molar-refractivity contribution in [3.8, 4) is 11.8 Å². The molecular formula is C10H8ClNO3. The maximum absolute atomic E-state index is 10.8. The molecule has 15 heavy (non-hydrogen) atoms. The van der Waals surface area contributed by atoms with E-state index in [2.05, 4.69) is 4.74 Å². The quantitative estimate of drug-likeness (QED) is 0.736. The summed E-state index contributed by atoms with van der Waals surface area (Å²) in [6.45, 7) is -0.206. The second-order valence-electron chi connectivity index (χ2n) is 2.62. The van der Waals surface area contributed by atoms with Gasteiger partial charge in [-0.25, -0.2) is 4.79 Å². The van der Waals surface area contributed by atoms with Crippen LogP contribution >= 0.6 is 11.6 Å². The summed E-state index contributed by atoms with van der Waals surface area (Å²) in [7, 11) is 1.27. The van der Waals surface area contributed by atoms with E-state index >= 15 is 0 Å². The SMILES string of the molecule is COC(=O)COc1ccc(C#N)cc1Cl. The van der Waals surface area contributed by atoms with Crippen LogP contribution in [0.2, 0.25) is 5.02 Å². The third-order valence-electron chi connectivity index (χ3n) is 1.63. The molecule has 0 N–H and O–H groups in total. The smallest absolute Gasteiger partial charge is 0.343 e. The number of methoxy groups -OCH3 is 1. The maximum Gasteiger partial charge on any atom is 0.343 e. The van der Waals surface area contributed by atoms with Gasteiger partial charge in [-0.2, -0.15) is 5.26 Å². The van der Waals surface area contributed by atoms with E-state index in [-0.39, 0.29) is 11.6 Å². The highest BCUT2D eigenvalue weighted by Crippen LogP contribution is 2.24. The number of ether oxygens (including phenoxy) is 2. The Morgan fingerprint density at radius 1 is 1.60 bits per heavy atom. The summed E-state index contributed by atoms with van der Waals surface area (Å²) in [5.41, 5.74) is 0.436. The van der Waals surface area contributed by atoms with Gasteiger partial charge < -0.3 is 9.47 Å². The van der Waals surface area contributed by atoms with Gasteiger partial charge >= 0.3 is 5.97 Å². The monoisotopic (exact) mass is 225 g/mol. The molecule has 0 aliphatic heterocycles. The van der Waals surface area contributed by atoms with E-state index in [0.717, 1.165) is 0 Å². The molecule has 0 heterocycles. The normalized spacial score (nSPS) is 9.13. The standard InChI is InChI=1S/C10H8ClNO3/c1-14-10(13)6-15-9-3-2-7(5-12)4-8(9)11/h2-4H,6H2,1H3. The molecule has 1 aromatic rings. The van der Waals surface area contributed by atoms with E-state index in [4.69, 9.17) is 21.6 Å². The Morgan fingerprint density at radius 2 is 2.33 bits per heavy atom. The first-order chi connectivity index (χ1) is 7.17. The van der Waals surface area contributed by atoms with Gasteiger partial charge in [0.15, 0.2) is 6.61 Å². The lowest BCUT2D eigenvalue weighted by molar-refractivity contribution is -0.142. The molecule has 0 saturated heterocycles. The van der Waals surface area contributed by atoms with E-state index < -0.39 is 5.97 Å². The summed E-state index contributed by atoms with van der Waals surface area (Å²) in [6.07, 6.45) is 0. The minimum absolute atomic E-state index is 0.206. The molecule has 0 bridgehead atoms. The second-order valence-corrected chi connectivity index (χ2v) is 3.03. The van der Waals surface area contributed by atoms with Crippen molar-refractivity contribution in [2.45, 2.75) is 0 Å². The Bertz CT molecular complexity index is 412. The van der Waals surface area contributed by atoms with Gasteiger partial charge in [0, 0.05) is 0 Å². The van der Waals surface area contributed by atoms with Crippen molar-refractivity contribution in [1.82, 2.24) is 0 Å². The molecule has 0 aliphatic carbocycles. The summed E-state index contributed by atoms with van der Waals surface area (Å²) >= 11 is 5.81. The molecule has 0 aliphatic rings. The zero-order valence-corrected chi connectivity index (χ0v) is 8.75. The first kappa shape index (κ1) is 11.3. The van der Waals surface area contributed by atoms with Crippen LogP contribution < -0.4 is 4.74 Å². The maximum atomic E-state index is 10.8. The Hall–Kier alpha value is -1.73. The highest BCUT2D eigenvalue weighted by Gasteiger charge is 2.06. The molecule has 5 heteroatoms. The first-order valence-corrected chi connectivity index (χ1v) is 4.44. The number of carbonyl (C=O) groups excluding carboxylic acids is 1. The van der Waals surface area contributed by atoms with Gasteiger partial charge in [0.25, 0.3) is 0 Å². The molecule has 1 aromatic carbocycles. The molecule has 0 amide bonds. The molecular weight excluding hydrogens is 218 g/mol. The van der Waals surface area contributed by atoms with E-state index in [1.807, 2.05) is 6.07 Å². The third-order valence-corrected chi connectivity index (χ3v) is 1.93.